The lowest BCUT2D eigenvalue weighted by Crippen LogP contribution is -2.39. The normalized spacial score (nSPS) is 16.0. The maximum Gasteiger partial charge on any atom is 0.408 e. The molecule has 2 aromatic rings. The van der Waals surface area contributed by atoms with Crippen LogP contribution < -0.4 is 5.32 Å². The number of nitrogens with zero attached hydrogens (tertiary/aromatic N) is 5. The van der Waals surface area contributed by atoms with Crippen LogP contribution in [0, 0.1) is 0 Å². The number of halogens is 1. The van der Waals surface area contributed by atoms with Gasteiger partial charge in [0, 0.05) is 5.56 Å². The van der Waals surface area contributed by atoms with Gasteiger partial charge in [0.2, 0.25) is 0 Å². The van der Waals surface area contributed by atoms with Crippen LogP contribution in [-0.2, 0) is 10.3 Å². The first-order valence-corrected chi connectivity index (χ1v) is 8.00. The molecule has 1 fully saturated rings. The van der Waals surface area contributed by atoms with E-state index in [1.807, 2.05) is 26.8 Å². The monoisotopic (exact) mass is 380 g/mol. The van der Waals surface area contributed by atoms with Crippen LogP contribution in [0.25, 0.3) is 5.82 Å². The predicted octanol–water partition coefficient (Wildman–Crippen LogP) is 2.33. The summed E-state index contributed by atoms with van der Waals surface area (Å²) in [7, 11) is 0. The summed E-state index contributed by atoms with van der Waals surface area (Å²) in [6.45, 7) is 5.50. The molecule has 0 saturated heterocycles. The molecule has 1 aliphatic rings. The van der Waals surface area contributed by atoms with E-state index in [9.17, 15) is 4.79 Å². The van der Waals surface area contributed by atoms with Gasteiger partial charge in [-0.05, 0) is 55.6 Å². The largest absolute Gasteiger partial charge is 0.444 e. The summed E-state index contributed by atoms with van der Waals surface area (Å²) in [5.74, 6) is 0.540. The maximum atomic E-state index is 12.1. The Morgan fingerprint density at radius 1 is 1.39 bits per heavy atom. The molecule has 1 aliphatic carbocycles. The van der Waals surface area contributed by atoms with Crippen LogP contribution in [0.15, 0.2) is 23.1 Å². The van der Waals surface area contributed by atoms with Crippen molar-refractivity contribution in [3.8, 4) is 5.82 Å². The number of alkyl carbamates (subject to hydrolysis) is 1. The van der Waals surface area contributed by atoms with Crippen molar-refractivity contribution < 1.29 is 9.53 Å². The van der Waals surface area contributed by atoms with Gasteiger partial charge in [0.15, 0.2) is 5.82 Å². The first kappa shape index (κ1) is 15.9. The molecule has 0 unspecified atom stereocenters. The molecule has 9 heteroatoms. The highest BCUT2D eigenvalue weighted by atomic mass is 79.9. The van der Waals surface area contributed by atoms with Crippen LogP contribution >= 0.6 is 15.9 Å². The zero-order valence-corrected chi connectivity index (χ0v) is 14.7. The molecule has 1 N–H and O–H groups in total. The van der Waals surface area contributed by atoms with E-state index in [2.05, 4.69) is 41.8 Å². The van der Waals surface area contributed by atoms with Crippen LogP contribution in [0.3, 0.4) is 0 Å². The maximum absolute atomic E-state index is 12.1. The molecule has 3 rings (SSSR count). The Labute approximate surface area is 141 Å². The highest BCUT2D eigenvalue weighted by Crippen LogP contribution is 2.48. The Hall–Kier alpha value is -2.03. The van der Waals surface area contributed by atoms with Gasteiger partial charge in [0.1, 0.15) is 10.2 Å². The summed E-state index contributed by atoms with van der Waals surface area (Å²) in [4.78, 5) is 12.1. The lowest BCUT2D eigenvalue weighted by Gasteiger charge is -2.24. The summed E-state index contributed by atoms with van der Waals surface area (Å²) in [5, 5.41) is 18.8. The number of nitrogens with one attached hydrogen (secondary N) is 1. The summed E-state index contributed by atoms with van der Waals surface area (Å²) >= 11 is 3.41. The SMILES string of the molecule is CC(C)(C)OC(=O)NC1(c2cc(-n3ccnn3)nnc2Br)CC1. The number of amides is 1. The molecule has 122 valence electrons. The number of hydrogen-bond acceptors (Lipinski definition) is 6. The fourth-order valence-corrected chi connectivity index (χ4v) is 2.80. The molecule has 1 amide bonds. The summed E-state index contributed by atoms with van der Waals surface area (Å²) in [5.41, 5.74) is -0.171. The topological polar surface area (TPSA) is 94.8 Å². The van der Waals surface area contributed by atoms with E-state index in [0.29, 0.717) is 10.4 Å². The van der Waals surface area contributed by atoms with Crippen molar-refractivity contribution in [1.29, 1.82) is 0 Å². The summed E-state index contributed by atoms with van der Waals surface area (Å²) in [6, 6.07) is 1.84. The van der Waals surface area contributed by atoms with E-state index in [4.69, 9.17) is 4.74 Å². The highest BCUT2D eigenvalue weighted by Gasteiger charge is 2.48. The van der Waals surface area contributed by atoms with Crippen LogP contribution in [0.2, 0.25) is 0 Å². The van der Waals surface area contributed by atoms with Crippen molar-refractivity contribution in [3.63, 3.8) is 0 Å². The van der Waals surface area contributed by atoms with Crippen molar-refractivity contribution in [1.82, 2.24) is 30.5 Å². The van der Waals surface area contributed by atoms with Crippen LogP contribution in [0.4, 0.5) is 4.79 Å². The van der Waals surface area contributed by atoms with E-state index in [0.717, 1.165) is 18.4 Å². The van der Waals surface area contributed by atoms with Gasteiger partial charge in [-0.1, -0.05) is 5.21 Å². The second-order valence-corrected chi connectivity index (χ2v) is 7.21. The third kappa shape index (κ3) is 3.49. The Balaban J connectivity index is 1.86. The Bertz CT molecular complexity index is 721. The summed E-state index contributed by atoms with van der Waals surface area (Å²) < 4.78 is 7.46. The van der Waals surface area contributed by atoms with Crippen molar-refractivity contribution in [2.75, 3.05) is 0 Å². The van der Waals surface area contributed by atoms with Crippen molar-refractivity contribution in [2.45, 2.75) is 44.8 Å². The van der Waals surface area contributed by atoms with E-state index in [-0.39, 0.29) is 0 Å². The van der Waals surface area contributed by atoms with E-state index >= 15 is 0 Å². The number of carbonyl (C=O) groups excluding carboxylic acids is 1. The number of hydrogen-bond donors (Lipinski definition) is 1. The van der Waals surface area contributed by atoms with Gasteiger partial charge in [-0.25, -0.2) is 9.48 Å². The molecular formula is C14H17BrN6O2. The van der Waals surface area contributed by atoms with Crippen LogP contribution in [0.1, 0.15) is 39.2 Å². The van der Waals surface area contributed by atoms with Gasteiger partial charge < -0.3 is 10.1 Å². The zero-order valence-electron chi connectivity index (χ0n) is 13.1. The minimum absolute atomic E-state index is 0.444. The lowest BCUT2D eigenvalue weighted by atomic mass is 10.1. The zero-order chi connectivity index (χ0) is 16.7. The number of aromatic nitrogens is 5. The molecule has 23 heavy (non-hydrogen) atoms. The molecular weight excluding hydrogens is 364 g/mol. The van der Waals surface area contributed by atoms with Gasteiger partial charge in [0.25, 0.3) is 0 Å². The fraction of sp³-hybridized carbons (Fsp3) is 0.500. The molecule has 8 nitrogen and oxygen atoms in total. The van der Waals surface area contributed by atoms with Gasteiger partial charge in [-0.3, -0.25) is 0 Å². The minimum atomic E-state index is -0.542. The van der Waals surface area contributed by atoms with Crippen molar-refractivity contribution >= 4 is 22.0 Å². The average Bonchev–Trinajstić information content (AvgIpc) is 3.00. The third-order valence-electron chi connectivity index (χ3n) is 3.40. The predicted molar refractivity (Wildman–Crippen MR) is 84.9 cm³/mol. The van der Waals surface area contributed by atoms with Gasteiger partial charge in [-0.15, -0.1) is 15.3 Å². The standard InChI is InChI=1S/C14H17BrN6O2/c1-13(2,3)23-12(22)17-14(4-5-14)9-8-10(18-19-11(9)15)21-7-6-16-20-21/h6-8H,4-5H2,1-3H3,(H,17,22). The second kappa shape index (κ2) is 5.55. The lowest BCUT2D eigenvalue weighted by molar-refractivity contribution is 0.0495. The van der Waals surface area contributed by atoms with E-state index < -0.39 is 17.2 Å². The Morgan fingerprint density at radius 2 is 2.13 bits per heavy atom. The summed E-state index contributed by atoms with van der Waals surface area (Å²) in [6.07, 6.45) is 4.43. The van der Waals surface area contributed by atoms with Crippen molar-refractivity contribution in [3.05, 3.63) is 28.6 Å². The molecule has 0 bridgehead atoms. The highest BCUT2D eigenvalue weighted by molar-refractivity contribution is 9.10. The first-order chi connectivity index (χ1) is 10.8. The van der Waals surface area contributed by atoms with Crippen LogP contribution in [0.5, 0.6) is 0 Å². The molecule has 0 radical (unpaired) electrons. The molecule has 0 aromatic carbocycles. The average molecular weight is 381 g/mol. The smallest absolute Gasteiger partial charge is 0.408 e. The van der Waals surface area contributed by atoms with Gasteiger partial charge >= 0.3 is 6.09 Å². The molecule has 0 atom stereocenters. The molecule has 2 heterocycles. The molecule has 0 spiro atoms. The van der Waals surface area contributed by atoms with E-state index in [1.165, 1.54) is 4.68 Å². The molecule has 2 aromatic heterocycles. The molecule has 1 saturated carbocycles. The second-order valence-electron chi connectivity index (χ2n) is 6.46. The third-order valence-corrected chi connectivity index (χ3v) is 3.98. The van der Waals surface area contributed by atoms with Crippen LogP contribution in [-0.4, -0.2) is 36.9 Å². The Morgan fingerprint density at radius 3 is 2.70 bits per heavy atom. The first-order valence-electron chi connectivity index (χ1n) is 7.21. The van der Waals surface area contributed by atoms with Gasteiger partial charge in [0.05, 0.1) is 17.9 Å². The van der Waals surface area contributed by atoms with Gasteiger partial charge in [-0.2, -0.15) is 0 Å². The Kier molecular flexibility index (Phi) is 3.83. The number of ether oxygens (including phenoxy) is 1. The van der Waals surface area contributed by atoms with E-state index in [1.54, 1.807) is 12.4 Å². The number of rotatable bonds is 3. The van der Waals surface area contributed by atoms with Crippen molar-refractivity contribution in [2.24, 2.45) is 0 Å². The molecule has 0 aliphatic heterocycles. The fourth-order valence-electron chi connectivity index (χ4n) is 2.23. The minimum Gasteiger partial charge on any atom is -0.444 e. The quantitative estimate of drug-likeness (QED) is 0.877. The number of carbonyl (C=O) groups is 1.